The van der Waals surface area contributed by atoms with Crippen LogP contribution in [-0.2, 0) is 9.53 Å². The molecule has 5 heteroatoms. The summed E-state index contributed by atoms with van der Waals surface area (Å²) in [6, 6.07) is 8.02. The van der Waals surface area contributed by atoms with Gasteiger partial charge in [-0.2, -0.15) is 0 Å². The van der Waals surface area contributed by atoms with Crippen molar-refractivity contribution in [3.8, 4) is 0 Å². The van der Waals surface area contributed by atoms with E-state index in [1.54, 1.807) is 0 Å². The second-order valence-corrected chi connectivity index (χ2v) is 5.18. The second-order valence-electron chi connectivity index (χ2n) is 4.74. The Morgan fingerprint density at radius 2 is 2.33 bits per heavy atom. The van der Waals surface area contributed by atoms with E-state index >= 15 is 0 Å². The van der Waals surface area contributed by atoms with Crippen molar-refractivity contribution < 1.29 is 9.53 Å². The molecular formula is C13H15ClN2O2. The number of hydrogen-bond acceptors (Lipinski definition) is 3. The zero-order chi connectivity index (χ0) is 12.5. The normalized spacial score (nSPS) is 26.2. The molecule has 1 N–H and O–H groups in total. The third-order valence-electron chi connectivity index (χ3n) is 3.33. The predicted molar refractivity (Wildman–Crippen MR) is 70.0 cm³/mol. The number of nitrogens with zero attached hydrogens (tertiary/aromatic N) is 1. The first-order valence-electron chi connectivity index (χ1n) is 6.15. The zero-order valence-corrected chi connectivity index (χ0v) is 10.7. The van der Waals surface area contributed by atoms with E-state index in [4.69, 9.17) is 16.3 Å². The summed E-state index contributed by atoms with van der Waals surface area (Å²) in [4.78, 5) is 13.8. The van der Waals surface area contributed by atoms with Gasteiger partial charge < -0.3 is 15.0 Å². The first-order valence-corrected chi connectivity index (χ1v) is 6.52. The highest BCUT2D eigenvalue weighted by Gasteiger charge is 2.34. The lowest BCUT2D eigenvalue weighted by molar-refractivity contribution is -0.122. The summed E-state index contributed by atoms with van der Waals surface area (Å²) >= 11 is 5.98. The summed E-state index contributed by atoms with van der Waals surface area (Å²) in [6.07, 6.45) is 0.760. The topological polar surface area (TPSA) is 44.9 Å². The third-order valence-corrected chi connectivity index (χ3v) is 3.57. The highest BCUT2D eigenvalue weighted by Crippen LogP contribution is 2.23. The molecule has 0 aromatic heterocycles. The molecule has 4 nitrogen and oxygen atoms in total. The number of rotatable bonds is 3. The molecule has 2 aliphatic heterocycles. The number of hydrogen-bond donors (Lipinski definition) is 1. The molecule has 2 fully saturated rings. The van der Waals surface area contributed by atoms with Crippen LogP contribution in [-0.4, -0.2) is 37.7 Å². The van der Waals surface area contributed by atoms with E-state index in [1.165, 1.54) is 0 Å². The molecule has 18 heavy (non-hydrogen) atoms. The first-order chi connectivity index (χ1) is 8.72. The molecule has 2 atom stereocenters. The van der Waals surface area contributed by atoms with Gasteiger partial charge >= 0.3 is 0 Å². The van der Waals surface area contributed by atoms with E-state index < -0.39 is 0 Å². The van der Waals surface area contributed by atoms with Crippen LogP contribution in [0.4, 0.5) is 5.69 Å². The fourth-order valence-electron chi connectivity index (χ4n) is 2.28. The molecular weight excluding hydrogens is 252 g/mol. The SMILES string of the molecule is O=C(NC1CCN(c2cccc(Cl)c2)C1)C1CO1. The van der Waals surface area contributed by atoms with Gasteiger partial charge in [-0.1, -0.05) is 17.7 Å². The molecule has 3 rings (SSSR count). The Kier molecular flexibility index (Phi) is 3.14. The monoisotopic (exact) mass is 266 g/mol. The fraction of sp³-hybridized carbons (Fsp3) is 0.462. The average Bonchev–Trinajstić information content (AvgIpc) is 3.10. The second kappa shape index (κ2) is 4.78. The summed E-state index contributed by atoms with van der Waals surface area (Å²) in [7, 11) is 0. The van der Waals surface area contributed by atoms with Crippen LogP contribution < -0.4 is 10.2 Å². The van der Waals surface area contributed by atoms with E-state index in [0.29, 0.717) is 6.61 Å². The van der Waals surface area contributed by atoms with Crippen molar-refractivity contribution in [2.75, 3.05) is 24.6 Å². The van der Waals surface area contributed by atoms with Crippen molar-refractivity contribution >= 4 is 23.2 Å². The molecule has 1 amide bonds. The molecule has 0 aliphatic carbocycles. The molecule has 2 heterocycles. The van der Waals surface area contributed by atoms with Crippen LogP contribution in [0.1, 0.15) is 6.42 Å². The molecule has 2 aliphatic rings. The summed E-state index contributed by atoms with van der Waals surface area (Å²) in [5, 5.41) is 3.76. The van der Waals surface area contributed by atoms with Gasteiger partial charge in [0.05, 0.1) is 6.61 Å². The quantitative estimate of drug-likeness (QED) is 0.842. The highest BCUT2D eigenvalue weighted by molar-refractivity contribution is 6.30. The zero-order valence-electron chi connectivity index (χ0n) is 9.93. The molecule has 1 aromatic rings. The van der Waals surface area contributed by atoms with Crippen molar-refractivity contribution in [3.63, 3.8) is 0 Å². The lowest BCUT2D eigenvalue weighted by Gasteiger charge is -2.19. The number of ether oxygens (including phenoxy) is 1. The van der Waals surface area contributed by atoms with Gasteiger partial charge in [0.1, 0.15) is 0 Å². The van der Waals surface area contributed by atoms with Gasteiger partial charge in [-0.3, -0.25) is 4.79 Å². The van der Waals surface area contributed by atoms with Crippen LogP contribution in [0.5, 0.6) is 0 Å². The minimum Gasteiger partial charge on any atom is -0.369 e. The maximum atomic E-state index is 11.6. The van der Waals surface area contributed by atoms with Crippen LogP contribution in [0, 0.1) is 0 Å². The van der Waals surface area contributed by atoms with Gasteiger partial charge in [-0.25, -0.2) is 0 Å². The molecule has 96 valence electrons. The molecule has 1 aromatic carbocycles. The average molecular weight is 267 g/mol. The Morgan fingerprint density at radius 3 is 3.06 bits per heavy atom. The Labute approximate surface area is 111 Å². The molecule has 0 spiro atoms. The number of nitrogens with one attached hydrogen (secondary N) is 1. The number of halogens is 1. The smallest absolute Gasteiger partial charge is 0.251 e. The van der Waals surface area contributed by atoms with E-state index in [0.717, 1.165) is 30.2 Å². The summed E-state index contributed by atoms with van der Waals surface area (Å²) < 4.78 is 4.96. The number of anilines is 1. The van der Waals surface area contributed by atoms with Crippen LogP contribution >= 0.6 is 11.6 Å². The van der Waals surface area contributed by atoms with Crippen molar-refractivity contribution in [2.45, 2.75) is 18.6 Å². The Bertz CT molecular complexity index is 462. The minimum absolute atomic E-state index is 0.0212. The predicted octanol–water partition coefficient (Wildman–Crippen LogP) is 1.43. The molecule has 0 bridgehead atoms. The van der Waals surface area contributed by atoms with Crippen LogP contribution in [0.25, 0.3) is 0 Å². The van der Waals surface area contributed by atoms with E-state index in [-0.39, 0.29) is 18.1 Å². The number of carbonyl (C=O) groups is 1. The van der Waals surface area contributed by atoms with E-state index in [1.807, 2.05) is 24.3 Å². The van der Waals surface area contributed by atoms with Crippen LogP contribution in [0.2, 0.25) is 5.02 Å². The maximum Gasteiger partial charge on any atom is 0.251 e. The lowest BCUT2D eigenvalue weighted by atomic mass is 10.2. The first kappa shape index (κ1) is 11.8. The van der Waals surface area contributed by atoms with Crippen molar-refractivity contribution in [1.29, 1.82) is 0 Å². The van der Waals surface area contributed by atoms with E-state index in [9.17, 15) is 4.79 Å². The van der Waals surface area contributed by atoms with Gasteiger partial charge in [0.2, 0.25) is 0 Å². The highest BCUT2D eigenvalue weighted by atomic mass is 35.5. The van der Waals surface area contributed by atoms with Gasteiger partial charge in [-0.05, 0) is 24.6 Å². The lowest BCUT2D eigenvalue weighted by Crippen LogP contribution is -2.39. The Hall–Kier alpha value is -1.26. The van der Waals surface area contributed by atoms with Gasteiger partial charge in [0, 0.05) is 29.8 Å². The number of benzene rings is 1. The molecule has 0 radical (unpaired) electrons. The summed E-state index contributed by atoms with van der Waals surface area (Å²) in [6.45, 7) is 2.34. The largest absolute Gasteiger partial charge is 0.369 e. The Balaban J connectivity index is 1.59. The van der Waals surface area contributed by atoms with Crippen molar-refractivity contribution in [1.82, 2.24) is 5.32 Å². The number of amides is 1. The molecule has 2 unspecified atom stereocenters. The van der Waals surface area contributed by atoms with Gasteiger partial charge in [-0.15, -0.1) is 0 Å². The molecule has 2 saturated heterocycles. The molecule has 0 saturated carbocycles. The number of epoxide rings is 1. The summed E-state index contributed by atoms with van der Waals surface area (Å²) in [5.41, 5.74) is 1.11. The van der Waals surface area contributed by atoms with E-state index in [2.05, 4.69) is 10.2 Å². The Morgan fingerprint density at radius 1 is 1.50 bits per heavy atom. The number of carbonyl (C=O) groups excluding carboxylic acids is 1. The maximum absolute atomic E-state index is 11.6. The third kappa shape index (κ3) is 2.60. The van der Waals surface area contributed by atoms with Crippen LogP contribution in [0.15, 0.2) is 24.3 Å². The summed E-state index contributed by atoms with van der Waals surface area (Å²) in [5.74, 6) is 0.0212. The van der Waals surface area contributed by atoms with Gasteiger partial charge in [0.25, 0.3) is 5.91 Å². The van der Waals surface area contributed by atoms with Crippen molar-refractivity contribution in [2.24, 2.45) is 0 Å². The van der Waals surface area contributed by atoms with Crippen molar-refractivity contribution in [3.05, 3.63) is 29.3 Å². The standard InChI is InChI=1S/C13H15ClN2O2/c14-9-2-1-3-11(6-9)16-5-4-10(7-16)15-13(17)12-8-18-12/h1-3,6,10,12H,4-5,7-8H2,(H,15,17). The van der Waals surface area contributed by atoms with Gasteiger partial charge in [0.15, 0.2) is 6.10 Å². The van der Waals surface area contributed by atoms with Crippen LogP contribution in [0.3, 0.4) is 0 Å². The fourth-order valence-corrected chi connectivity index (χ4v) is 2.46. The minimum atomic E-state index is -0.204.